The highest BCUT2D eigenvalue weighted by Crippen LogP contribution is 2.49. The first-order valence-corrected chi connectivity index (χ1v) is 12.3. The van der Waals surface area contributed by atoms with Crippen molar-refractivity contribution < 1.29 is 19.0 Å². The zero-order valence-electron chi connectivity index (χ0n) is 20.3. The maximum absolute atomic E-state index is 14.0. The molecule has 8 heteroatoms. The Morgan fingerprint density at radius 3 is 2.71 bits per heavy atom. The predicted molar refractivity (Wildman–Crippen MR) is 134 cm³/mol. The molecule has 0 unspecified atom stereocenters. The minimum atomic E-state index is -0.439. The van der Waals surface area contributed by atoms with Gasteiger partial charge in [0, 0.05) is 47.7 Å². The third-order valence-electron chi connectivity index (χ3n) is 7.65. The zero-order chi connectivity index (χ0) is 24.6. The van der Waals surface area contributed by atoms with Crippen molar-refractivity contribution in [2.75, 3.05) is 45.2 Å². The number of piperidine rings is 1. The summed E-state index contributed by atoms with van der Waals surface area (Å²) in [5, 5.41) is 14.2. The molecule has 5 rings (SSSR count). The van der Waals surface area contributed by atoms with E-state index in [-0.39, 0.29) is 29.8 Å². The van der Waals surface area contributed by atoms with Crippen LogP contribution < -0.4 is 10.1 Å². The van der Waals surface area contributed by atoms with Crippen LogP contribution in [0.15, 0.2) is 42.5 Å². The SMILES string of the molecule is CCCN1CC2(CCN(C(=O)Nc3ccccc3F)CC2)c2c([nH]c3cc(OC)ccc23)[C@@H]1CO. The molecule has 1 fully saturated rings. The van der Waals surface area contributed by atoms with Crippen LogP contribution in [0.2, 0.25) is 0 Å². The van der Waals surface area contributed by atoms with Crippen LogP contribution in [0.4, 0.5) is 14.9 Å². The number of methoxy groups -OCH3 is 1. The second-order valence-electron chi connectivity index (χ2n) is 9.67. The number of aromatic amines is 1. The van der Waals surface area contributed by atoms with Crippen molar-refractivity contribution in [1.29, 1.82) is 0 Å². The van der Waals surface area contributed by atoms with Gasteiger partial charge in [-0.15, -0.1) is 0 Å². The van der Waals surface area contributed by atoms with Gasteiger partial charge in [0.2, 0.25) is 0 Å². The molecule has 1 atom stereocenters. The van der Waals surface area contributed by atoms with Crippen LogP contribution in [0.25, 0.3) is 10.9 Å². The number of aliphatic hydroxyl groups is 1. The summed E-state index contributed by atoms with van der Waals surface area (Å²) in [7, 11) is 1.66. The predicted octanol–water partition coefficient (Wildman–Crippen LogP) is 4.64. The molecule has 186 valence electrons. The van der Waals surface area contributed by atoms with Gasteiger partial charge in [-0.2, -0.15) is 0 Å². The number of likely N-dealkylation sites (tertiary alicyclic amines) is 1. The zero-order valence-corrected chi connectivity index (χ0v) is 20.3. The van der Waals surface area contributed by atoms with Gasteiger partial charge in [0.15, 0.2) is 0 Å². The van der Waals surface area contributed by atoms with Crippen molar-refractivity contribution in [1.82, 2.24) is 14.8 Å². The molecule has 3 aromatic rings. The van der Waals surface area contributed by atoms with Gasteiger partial charge in [-0.3, -0.25) is 4.90 Å². The van der Waals surface area contributed by atoms with Crippen LogP contribution in [-0.4, -0.2) is 65.8 Å². The summed E-state index contributed by atoms with van der Waals surface area (Å²) >= 11 is 0. The van der Waals surface area contributed by atoms with Gasteiger partial charge in [-0.1, -0.05) is 19.1 Å². The van der Waals surface area contributed by atoms with Crippen LogP contribution in [0, 0.1) is 5.82 Å². The lowest BCUT2D eigenvalue weighted by Gasteiger charge is -2.50. The average molecular weight is 481 g/mol. The lowest BCUT2D eigenvalue weighted by Crippen LogP contribution is -2.55. The summed E-state index contributed by atoms with van der Waals surface area (Å²) in [6, 6.07) is 12.0. The molecule has 0 bridgehead atoms. The van der Waals surface area contributed by atoms with E-state index in [4.69, 9.17) is 4.74 Å². The number of carbonyl (C=O) groups excluding carboxylic acids is 1. The van der Waals surface area contributed by atoms with Crippen LogP contribution in [0.3, 0.4) is 0 Å². The topological polar surface area (TPSA) is 80.8 Å². The van der Waals surface area contributed by atoms with Crippen molar-refractivity contribution >= 4 is 22.6 Å². The molecule has 2 aromatic carbocycles. The number of ether oxygens (including phenoxy) is 1. The van der Waals surface area contributed by atoms with Crippen molar-refractivity contribution in [3.63, 3.8) is 0 Å². The Balaban J connectivity index is 1.46. The maximum atomic E-state index is 14.0. The fraction of sp³-hybridized carbons (Fsp3) is 0.444. The van der Waals surface area contributed by atoms with Crippen molar-refractivity contribution in [2.24, 2.45) is 0 Å². The molecule has 2 amide bonds. The highest BCUT2D eigenvalue weighted by atomic mass is 19.1. The number of amides is 2. The number of urea groups is 1. The number of H-pyrrole nitrogens is 1. The number of para-hydroxylation sites is 1. The molecule has 3 heterocycles. The minimum absolute atomic E-state index is 0.0458. The first-order valence-electron chi connectivity index (χ1n) is 12.3. The molecule has 3 N–H and O–H groups in total. The summed E-state index contributed by atoms with van der Waals surface area (Å²) in [4.78, 5) is 20.7. The standard InChI is InChI=1S/C27H33FN4O3/c1-3-12-32-17-27(10-13-31(14-11-27)26(34)30-21-7-5-4-6-20(21)28)24-19-9-8-18(35-2)15-22(19)29-25(24)23(32)16-33/h4-9,15,23,29,33H,3,10-14,16-17H2,1-2H3,(H,30,34)/t23-/m0/s1. The number of aliphatic hydroxyl groups excluding tert-OH is 1. The summed E-state index contributed by atoms with van der Waals surface area (Å²) < 4.78 is 19.5. The van der Waals surface area contributed by atoms with Crippen molar-refractivity contribution in [3.05, 3.63) is 59.5 Å². The molecule has 0 aliphatic carbocycles. The minimum Gasteiger partial charge on any atom is -0.497 e. The van der Waals surface area contributed by atoms with Gasteiger partial charge in [0.1, 0.15) is 11.6 Å². The molecule has 35 heavy (non-hydrogen) atoms. The second-order valence-corrected chi connectivity index (χ2v) is 9.67. The van der Waals surface area contributed by atoms with E-state index in [0.717, 1.165) is 54.7 Å². The molecule has 1 saturated heterocycles. The summed E-state index contributed by atoms with van der Waals surface area (Å²) in [5.74, 6) is 0.349. The van der Waals surface area contributed by atoms with Gasteiger partial charge in [-0.25, -0.2) is 9.18 Å². The number of benzene rings is 2. The number of nitrogens with zero attached hydrogens (tertiary/aromatic N) is 2. The molecule has 1 spiro atoms. The van der Waals surface area contributed by atoms with Crippen LogP contribution in [0.5, 0.6) is 5.75 Å². The first kappa shape index (κ1) is 23.6. The van der Waals surface area contributed by atoms with E-state index in [1.807, 2.05) is 12.1 Å². The van der Waals surface area contributed by atoms with E-state index >= 15 is 0 Å². The first-order chi connectivity index (χ1) is 17.0. The number of fused-ring (bicyclic) bond motifs is 4. The van der Waals surface area contributed by atoms with Crippen molar-refractivity contribution in [3.8, 4) is 5.75 Å². The Morgan fingerprint density at radius 2 is 2.03 bits per heavy atom. The molecule has 0 radical (unpaired) electrons. The highest BCUT2D eigenvalue weighted by Gasteiger charge is 2.47. The van der Waals surface area contributed by atoms with E-state index in [2.05, 4.69) is 28.2 Å². The molecular weight excluding hydrogens is 447 g/mol. The molecule has 0 saturated carbocycles. The number of hydrogen-bond donors (Lipinski definition) is 3. The number of nitrogens with one attached hydrogen (secondary N) is 2. The number of hydrogen-bond acceptors (Lipinski definition) is 4. The summed E-state index contributed by atoms with van der Waals surface area (Å²) in [6.45, 7) is 5.08. The van der Waals surface area contributed by atoms with Crippen molar-refractivity contribution in [2.45, 2.75) is 37.6 Å². The van der Waals surface area contributed by atoms with E-state index < -0.39 is 5.82 Å². The quantitative estimate of drug-likeness (QED) is 0.497. The third kappa shape index (κ3) is 4.15. The van der Waals surface area contributed by atoms with Gasteiger partial charge in [0.25, 0.3) is 0 Å². The Hall–Kier alpha value is -3.10. The summed E-state index contributed by atoms with van der Waals surface area (Å²) in [5.41, 5.74) is 3.39. The summed E-state index contributed by atoms with van der Waals surface area (Å²) in [6.07, 6.45) is 2.58. The number of aromatic nitrogens is 1. The number of rotatable bonds is 5. The van der Waals surface area contributed by atoms with E-state index in [0.29, 0.717) is 13.1 Å². The molecule has 2 aliphatic heterocycles. The van der Waals surface area contributed by atoms with Crippen LogP contribution in [-0.2, 0) is 5.41 Å². The molecular formula is C27H33FN4O3. The van der Waals surface area contributed by atoms with Crippen LogP contribution >= 0.6 is 0 Å². The molecule has 7 nitrogen and oxygen atoms in total. The lowest BCUT2D eigenvalue weighted by molar-refractivity contribution is 0.0550. The Labute approximate surface area is 204 Å². The lowest BCUT2D eigenvalue weighted by atomic mass is 9.68. The molecule has 2 aliphatic rings. The Morgan fingerprint density at radius 1 is 1.26 bits per heavy atom. The fourth-order valence-corrected chi connectivity index (χ4v) is 5.94. The average Bonchev–Trinajstić information content (AvgIpc) is 3.25. The molecule has 1 aromatic heterocycles. The van der Waals surface area contributed by atoms with E-state index in [1.54, 1.807) is 30.2 Å². The maximum Gasteiger partial charge on any atom is 0.321 e. The number of halogens is 1. The Bertz CT molecular complexity index is 1220. The van der Waals surface area contributed by atoms with E-state index in [1.165, 1.54) is 11.6 Å². The smallest absolute Gasteiger partial charge is 0.321 e. The normalized spacial score (nSPS) is 19.7. The number of carbonyl (C=O) groups is 1. The largest absolute Gasteiger partial charge is 0.497 e. The third-order valence-corrected chi connectivity index (χ3v) is 7.65. The monoisotopic (exact) mass is 480 g/mol. The second kappa shape index (κ2) is 9.51. The van der Waals surface area contributed by atoms with Gasteiger partial charge < -0.3 is 25.0 Å². The van der Waals surface area contributed by atoms with Gasteiger partial charge in [-0.05, 0) is 55.6 Å². The Kier molecular flexibility index (Phi) is 6.42. The fourth-order valence-electron chi connectivity index (χ4n) is 5.94. The van der Waals surface area contributed by atoms with Gasteiger partial charge >= 0.3 is 6.03 Å². The highest BCUT2D eigenvalue weighted by molar-refractivity contribution is 5.90. The van der Waals surface area contributed by atoms with Gasteiger partial charge in [0.05, 0.1) is 25.4 Å². The van der Waals surface area contributed by atoms with E-state index in [9.17, 15) is 14.3 Å². The number of anilines is 1. The van der Waals surface area contributed by atoms with Crippen LogP contribution in [0.1, 0.15) is 43.5 Å².